The predicted molar refractivity (Wildman–Crippen MR) is 71.3 cm³/mol. The lowest BCUT2D eigenvalue weighted by Crippen LogP contribution is -2.30. The van der Waals surface area contributed by atoms with E-state index in [4.69, 9.17) is 15.8 Å². The molecular formula is C14H11FN4O2. The van der Waals surface area contributed by atoms with Crippen LogP contribution in [-0.2, 0) is 6.61 Å². The Morgan fingerprint density at radius 2 is 2.24 bits per heavy atom. The van der Waals surface area contributed by atoms with E-state index in [1.165, 1.54) is 24.4 Å². The topological polar surface area (TPSA) is 101 Å². The first-order chi connectivity index (χ1) is 10.1. The number of carbonyl (C=O) groups is 1. The summed E-state index contributed by atoms with van der Waals surface area (Å²) in [6.45, 7) is 0.0351. The number of halogens is 1. The largest absolute Gasteiger partial charge is 0.484 e. The van der Waals surface area contributed by atoms with Gasteiger partial charge in [0.15, 0.2) is 11.6 Å². The van der Waals surface area contributed by atoms with Crippen LogP contribution in [0.25, 0.3) is 0 Å². The summed E-state index contributed by atoms with van der Waals surface area (Å²) in [6, 6.07) is 8.87. The Morgan fingerprint density at radius 3 is 2.81 bits per heavy atom. The van der Waals surface area contributed by atoms with Gasteiger partial charge < -0.3 is 4.74 Å². The summed E-state index contributed by atoms with van der Waals surface area (Å²) in [7, 11) is 0. The first kappa shape index (κ1) is 14.4. The van der Waals surface area contributed by atoms with Gasteiger partial charge >= 0.3 is 0 Å². The van der Waals surface area contributed by atoms with Crippen LogP contribution in [0.15, 0.2) is 36.5 Å². The number of nitrogen functional groups attached to an aromatic ring is 1. The van der Waals surface area contributed by atoms with Crippen molar-refractivity contribution in [1.29, 1.82) is 5.26 Å². The fourth-order valence-corrected chi connectivity index (χ4v) is 1.57. The number of benzene rings is 1. The molecule has 2 aromatic rings. The van der Waals surface area contributed by atoms with E-state index >= 15 is 0 Å². The zero-order valence-corrected chi connectivity index (χ0v) is 10.8. The second-order valence-corrected chi connectivity index (χ2v) is 4.06. The average molecular weight is 286 g/mol. The van der Waals surface area contributed by atoms with Crippen molar-refractivity contribution in [1.82, 2.24) is 10.4 Å². The molecule has 0 bridgehead atoms. The van der Waals surface area contributed by atoms with Crippen molar-refractivity contribution >= 4 is 5.91 Å². The molecule has 1 aromatic carbocycles. The highest BCUT2D eigenvalue weighted by Crippen LogP contribution is 2.19. The maximum Gasteiger partial charge on any atom is 0.266 e. The summed E-state index contributed by atoms with van der Waals surface area (Å²) in [5, 5.41) is 8.64. The van der Waals surface area contributed by atoms with Crippen LogP contribution in [0.5, 0.6) is 5.75 Å². The fourth-order valence-electron chi connectivity index (χ4n) is 1.57. The molecular weight excluding hydrogens is 275 g/mol. The third-order valence-corrected chi connectivity index (χ3v) is 2.65. The number of amides is 1. The molecule has 1 aromatic heterocycles. The number of pyridine rings is 1. The molecule has 0 aliphatic heterocycles. The highest BCUT2D eigenvalue weighted by molar-refractivity contribution is 5.93. The zero-order chi connectivity index (χ0) is 15.2. The zero-order valence-electron chi connectivity index (χ0n) is 10.8. The molecule has 21 heavy (non-hydrogen) atoms. The van der Waals surface area contributed by atoms with Crippen LogP contribution >= 0.6 is 0 Å². The van der Waals surface area contributed by atoms with E-state index in [9.17, 15) is 9.18 Å². The van der Waals surface area contributed by atoms with Gasteiger partial charge in [-0.1, -0.05) is 0 Å². The molecule has 0 atom stereocenters. The summed E-state index contributed by atoms with van der Waals surface area (Å²) >= 11 is 0. The smallest absolute Gasteiger partial charge is 0.266 e. The van der Waals surface area contributed by atoms with E-state index in [0.29, 0.717) is 11.3 Å². The Balaban J connectivity index is 2.03. The minimum Gasteiger partial charge on any atom is -0.484 e. The van der Waals surface area contributed by atoms with Gasteiger partial charge in [-0.05, 0) is 30.3 Å². The molecule has 0 saturated heterocycles. The number of rotatable bonds is 4. The summed E-state index contributed by atoms with van der Waals surface area (Å²) in [6.07, 6.45) is 1.34. The maximum absolute atomic E-state index is 13.6. The Labute approximate surface area is 119 Å². The standard InChI is InChI=1S/C14H11FN4O2/c15-12-5-9(6-16)1-4-13(12)21-8-11-3-2-10(7-18-11)14(20)19-17/h1-5,7H,8,17H2,(H,19,20). The molecule has 0 saturated carbocycles. The van der Waals surface area contributed by atoms with E-state index in [-0.39, 0.29) is 17.9 Å². The van der Waals surface area contributed by atoms with Crippen molar-refractivity contribution in [2.75, 3.05) is 0 Å². The molecule has 0 aliphatic rings. The molecule has 0 radical (unpaired) electrons. The summed E-state index contributed by atoms with van der Waals surface area (Å²) in [5.74, 6) is 3.96. The van der Waals surface area contributed by atoms with Gasteiger partial charge in [0.2, 0.25) is 0 Å². The lowest BCUT2D eigenvalue weighted by atomic mass is 10.2. The van der Waals surface area contributed by atoms with Crippen LogP contribution in [0.4, 0.5) is 4.39 Å². The lowest BCUT2D eigenvalue weighted by molar-refractivity contribution is 0.0953. The number of aromatic nitrogens is 1. The van der Waals surface area contributed by atoms with E-state index < -0.39 is 11.7 Å². The number of hydrazine groups is 1. The normalized spacial score (nSPS) is 9.76. The second kappa shape index (κ2) is 6.45. The Kier molecular flexibility index (Phi) is 4.43. The highest BCUT2D eigenvalue weighted by atomic mass is 19.1. The van der Waals surface area contributed by atoms with Gasteiger partial charge in [0.05, 0.1) is 22.9 Å². The monoisotopic (exact) mass is 286 g/mol. The number of ether oxygens (including phenoxy) is 1. The molecule has 1 amide bonds. The molecule has 0 unspecified atom stereocenters. The number of hydrogen-bond donors (Lipinski definition) is 2. The van der Waals surface area contributed by atoms with Crippen molar-refractivity contribution < 1.29 is 13.9 Å². The van der Waals surface area contributed by atoms with Crippen molar-refractivity contribution in [2.45, 2.75) is 6.61 Å². The Morgan fingerprint density at radius 1 is 1.43 bits per heavy atom. The third kappa shape index (κ3) is 3.52. The quantitative estimate of drug-likeness (QED) is 0.501. The molecule has 0 aliphatic carbocycles. The Bertz CT molecular complexity index is 695. The summed E-state index contributed by atoms with van der Waals surface area (Å²) in [4.78, 5) is 15.2. The van der Waals surface area contributed by atoms with Crippen LogP contribution in [0.2, 0.25) is 0 Å². The number of carbonyl (C=O) groups excluding carboxylic acids is 1. The maximum atomic E-state index is 13.6. The van der Waals surface area contributed by atoms with Gasteiger partial charge in [0.25, 0.3) is 5.91 Å². The molecule has 1 heterocycles. The van der Waals surface area contributed by atoms with Crippen molar-refractivity contribution in [3.05, 3.63) is 59.2 Å². The van der Waals surface area contributed by atoms with Crippen molar-refractivity contribution in [3.63, 3.8) is 0 Å². The first-order valence-corrected chi connectivity index (χ1v) is 5.92. The molecule has 2 rings (SSSR count). The molecule has 3 N–H and O–H groups in total. The van der Waals surface area contributed by atoms with Gasteiger partial charge in [-0.15, -0.1) is 0 Å². The highest BCUT2D eigenvalue weighted by Gasteiger charge is 2.07. The number of nitriles is 1. The van der Waals surface area contributed by atoms with E-state index in [2.05, 4.69) is 4.98 Å². The molecule has 106 valence electrons. The third-order valence-electron chi connectivity index (χ3n) is 2.65. The molecule has 0 fully saturated rings. The molecule has 6 nitrogen and oxygen atoms in total. The van der Waals surface area contributed by atoms with Crippen LogP contribution in [0.3, 0.4) is 0 Å². The van der Waals surface area contributed by atoms with Gasteiger partial charge in [-0.3, -0.25) is 15.2 Å². The predicted octanol–water partition coefficient (Wildman–Crippen LogP) is 1.27. The van der Waals surface area contributed by atoms with Crippen molar-refractivity contribution in [3.8, 4) is 11.8 Å². The van der Waals surface area contributed by atoms with Gasteiger partial charge in [-0.2, -0.15) is 5.26 Å². The number of hydrogen-bond acceptors (Lipinski definition) is 5. The van der Waals surface area contributed by atoms with Crippen molar-refractivity contribution in [2.24, 2.45) is 5.84 Å². The fraction of sp³-hybridized carbons (Fsp3) is 0.0714. The SMILES string of the molecule is N#Cc1ccc(OCc2ccc(C(=O)NN)cn2)c(F)c1. The molecule has 0 spiro atoms. The second-order valence-electron chi connectivity index (χ2n) is 4.06. The first-order valence-electron chi connectivity index (χ1n) is 5.92. The van der Waals surface area contributed by atoms with E-state index in [1.807, 2.05) is 11.5 Å². The summed E-state index contributed by atoms with van der Waals surface area (Å²) in [5.41, 5.74) is 3.04. The van der Waals surface area contributed by atoms with Gasteiger partial charge in [0, 0.05) is 6.20 Å². The van der Waals surface area contributed by atoms with E-state index in [0.717, 1.165) is 6.07 Å². The molecule has 7 heteroatoms. The lowest BCUT2D eigenvalue weighted by Gasteiger charge is -2.07. The van der Waals surface area contributed by atoms with Gasteiger partial charge in [0.1, 0.15) is 6.61 Å². The van der Waals surface area contributed by atoms with E-state index in [1.54, 1.807) is 6.07 Å². The minimum atomic E-state index is -0.617. The minimum absolute atomic E-state index is 0.0274. The summed E-state index contributed by atoms with van der Waals surface area (Å²) < 4.78 is 18.9. The average Bonchev–Trinajstić information content (AvgIpc) is 2.53. The van der Waals surface area contributed by atoms with Gasteiger partial charge in [-0.25, -0.2) is 10.2 Å². The van der Waals surface area contributed by atoms with Crippen LogP contribution in [-0.4, -0.2) is 10.9 Å². The number of nitrogens with two attached hydrogens (primary N) is 1. The Hall–Kier alpha value is -2.98. The number of nitrogens with zero attached hydrogens (tertiary/aromatic N) is 2. The number of nitrogens with one attached hydrogen (secondary N) is 1. The van der Waals surface area contributed by atoms with Crippen LogP contribution < -0.4 is 16.0 Å². The van der Waals surface area contributed by atoms with Crippen LogP contribution in [0.1, 0.15) is 21.6 Å². The van der Waals surface area contributed by atoms with Crippen LogP contribution in [0, 0.1) is 17.1 Å².